The van der Waals surface area contributed by atoms with E-state index in [0.29, 0.717) is 23.7 Å². The van der Waals surface area contributed by atoms with Gasteiger partial charge in [-0.15, -0.1) is 0 Å². The largest absolute Gasteiger partial charge is 0.484 e. The third-order valence-electron chi connectivity index (χ3n) is 5.66. The first-order chi connectivity index (χ1) is 16.8. The summed E-state index contributed by atoms with van der Waals surface area (Å²) in [5.41, 5.74) is 3.65. The van der Waals surface area contributed by atoms with Crippen LogP contribution in [0.2, 0.25) is 5.02 Å². The Kier molecular flexibility index (Phi) is 9.75. The molecule has 1 atom stereocenters. The van der Waals surface area contributed by atoms with Gasteiger partial charge in [0.15, 0.2) is 6.61 Å². The van der Waals surface area contributed by atoms with Crippen LogP contribution < -0.4 is 10.1 Å². The second kappa shape index (κ2) is 12.8. The standard InChI is InChI=1S/C28H30BrClN2O3/c1-4-31-28(34)25(16-21-8-6-5-7-9-21)32(17-22-10-12-23(29)13-11-22)26(33)18-35-24-14-19(2)27(30)20(3)15-24/h5-15,25H,4,16-18H2,1-3H3,(H,31,34)/t25-/m0/s1. The Bertz CT molecular complexity index is 1130. The van der Waals surface area contributed by atoms with Crippen molar-refractivity contribution in [2.75, 3.05) is 13.2 Å². The Morgan fingerprint density at radius 2 is 1.63 bits per heavy atom. The van der Waals surface area contributed by atoms with Crippen molar-refractivity contribution in [3.05, 3.63) is 98.5 Å². The van der Waals surface area contributed by atoms with Gasteiger partial charge in [0.2, 0.25) is 5.91 Å². The van der Waals surface area contributed by atoms with E-state index in [1.165, 1.54) is 0 Å². The molecule has 2 amide bonds. The molecule has 0 saturated heterocycles. The Morgan fingerprint density at radius 3 is 2.23 bits per heavy atom. The highest BCUT2D eigenvalue weighted by molar-refractivity contribution is 9.10. The van der Waals surface area contributed by atoms with E-state index in [9.17, 15) is 9.59 Å². The lowest BCUT2D eigenvalue weighted by Crippen LogP contribution is -2.51. The summed E-state index contributed by atoms with van der Waals surface area (Å²) >= 11 is 9.72. The summed E-state index contributed by atoms with van der Waals surface area (Å²) in [6.07, 6.45) is 0.397. The van der Waals surface area contributed by atoms with Gasteiger partial charge in [-0.1, -0.05) is 70.0 Å². The molecule has 0 aliphatic carbocycles. The molecule has 0 heterocycles. The zero-order valence-corrected chi connectivity index (χ0v) is 22.5. The fourth-order valence-electron chi connectivity index (χ4n) is 3.85. The summed E-state index contributed by atoms with van der Waals surface area (Å²) in [6.45, 7) is 6.23. The minimum Gasteiger partial charge on any atom is -0.484 e. The van der Waals surface area contributed by atoms with Gasteiger partial charge in [-0.3, -0.25) is 9.59 Å². The molecule has 7 heteroatoms. The molecule has 3 aromatic rings. The molecule has 0 fully saturated rings. The molecule has 0 spiro atoms. The van der Waals surface area contributed by atoms with Crippen LogP contribution in [-0.2, 0) is 22.6 Å². The number of rotatable bonds is 10. The lowest BCUT2D eigenvalue weighted by molar-refractivity contribution is -0.142. The predicted molar refractivity (Wildman–Crippen MR) is 144 cm³/mol. The van der Waals surface area contributed by atoms with E-state index in [1.54, 1.807) is 4.90 Å². The third-order valence-corrected chi connectivity index (χ3v) is 6.79. The smallest absolute Gasteiger partial charge is 0.261 e. The van der Waals surface area contributed by atoms with E-state index < -0.39 is 6.04 Å². The van der Waals surface area contributed by atoms with Crippen LogP contribution in [0.4, 0.5) is 0 Å². The molecule has 3 rings (SSSR count). The first-order valence-corrected chi connectivity index (χ1v) is 12.7. The number of ether oxygens (including phenoxy) is 1. The van der Waals surface area contributed by atoms with Crippen molar-refractivity contribution in [2.45, 2.75) is 39.8 Å². The van der Waals surface area contributed by atoms with Crippen LogP contribution in [0.25, 0.3) is 0 Å². The van der Waals surface area contributed by atoms with Crippen LogP contribution in [0.3, 0.4) is 0 Å². The molecule has 5 nitrogen and oxygen atoms in total. The van der Waals surface area contributed by atoms with Crippen molar-refractivity contribution < 1.29 is 14.3 Å². The van der Waals surface area contributed by atoms with Gasteiger partial charge >= 0.3 is 0 Å². The minimum absolute atomic E-state index is 0.193. The number of amides is 2. The number of carbonyl (C=O) groups excluding carboxylic acids is 2. The van der Waals surface area contributed by atoms with Crippen molar-refractivity contribution in [1.29, 1.82) is 0 Å². The number of carbonyl (C=O) groups is 2. The van der Waals surface area contributed by atoms with Gasteiger partial charge < -0.3 is 15.0 Å². The molecular weight excluding hydrogens is 528 g/mol. The molecular formula is C28H30BrClN2O3. The summed E-state index contributed by atoms with van der Waals surface area (Å²) in [7, 11) is 0. The molecule has 0 bridgehead atoms. The van der Waals surface area contributed by atoms with E-state index in [1.807, 2.05) is 87.5 Å². The molecule has 35 heavy (non-hydrogen) atoms. The van der Waals surface area contributed by atoms with Gasteiger partial charge in [-0.2, -0.15) is 0 Å². The molecule has 0 aromatic heterocycles. The van der Waals surface area contributed by atoms with Gasteiger partial charge in [0, 0.05) is 29.0 Å². The number of hydrogen-bond acceptors (Lipinski definition) is 3. The Morgan fingerprint density at radius 1 is 1.00 bits per heavy atom. The lowest BCUT2D eigenvalue weighted by atomic mass is 10.0. The molecule has 3 aromatic carbocycles. The van der Waals surface area contributed by atoms with Crippen LogP contribution in [0.5, 0.6) is 5.75 Å². The van der Waals surface area contributed by atoms with Crippen LogP contribution in [0.1, 0.15) is 29.2 Å². The summed E-state index contributed by atoms with van der Waals surface area (Å²) in [6, 6.07) is 20.4. The highest BCUT2D eigenvalue weighted by Crippen LogP contribution is 2.26. The van der Waals surface area contributed by atoms with Gasteiger partial charge in [0.05, 0.1) is 0 Å². The highest BCUT2D eigenvalue weighted by atomic mass is 79.9. The fourth-order valence-corrected chi connectivity index (χ4v) is 4.22. The molecule has 0 aliphatic rings. The number of halogens is 2. The van der Waals surface area contributed by atoms with Crippen molar-refractivity contribution in [3.63, 3.8) is 0 Å². The average Bonchev–Trinajstić information content (AvgIpc) is 2.85. The predicted octanol–water partition coefficient (Wildman–Crippen LogP) is 5.87. The maximum absolute atomic E-state index is 13.6. The summed E-state index contributed by atoms with van der Waals surface area (Å²) in [5.74, 6) is 0.101. The summed E-state index contributed by atoms with van der Waals surface area (Å²) < 4.78 is 6.82. The van der Waals surface area contributed by atoms with E-state index >= 15 is 0 Å². The van der Waals surface area contributed by atoms with Gasteiger partial charge in [0.1, 0.15) is 11.8 Å². The topological polar surface area (TPSA) is 58.6 Å². The van der Waals surface area contributed by atoms with Gasteiger partial charge in [0.25, 0.3) is 5.91 Å². The summed E-state index contributed by atoms with van der Waals surface area (Å²) in [5, 5.41) is 3.58. The second-order valence-electron chi connectivity index (χ2n) is 8.41. The van der Waals surface area contributed by atoms with E-state index in [4.69, 9.17) is 16.3 Å². The van der Waals surface area contributed by atoms with Crippen molar-refractivity contribution >= 4 is 39.3 Å². The maximum Gasteiger partial charge on any atom is 0.261 e. The Hall–Kier alpha value is -2.83. The molecule has 1 N–H and O–H groups in total. The van der Waals surface area contributed by atoms with Crippen molar-refractivity contribution in [2.24, 2.45) is 0 Å². The number of benzene rings is 3. The van der Waals surface area contributed by atoms with E-state index in [0.717, 1.165) is 26.7 Å². The van der Waals surface area contributed by atoms with Crippen molar-refractivity contribution in [1.82, 2.24) is 10.2 Å². The number of nitrogens with one attached hydrogen (secondary N) is 1. The number of hydrogen-bond donors (Lipinski definition) is 1. The summed E-state index contributed by atoms with van der Waals surface area (Å²) in [4.78, 5) is 28.3. The first-order valence-electron chi connectivity index (χ1n) is 11.5. The van der Waals surface area contributed by atoms with E-state index in [-0.39, 0.29) is 25.0 Å². The number of nitrogens with zero attached hydrogens (tertiary/aromatic N) is 1. The van der Waals surface area contributed by atoms with Crippen LogP contribution in [-0.4, -0.2) is 35.9 Å². The third kappa shape index (κ3) is 7.58. The maximum atomic E-state index is 13.6. The monoisotopic (exact) mass is 556 g/mol. The van der Waals surface area contributed by atoms with Crippen LogP contribution >= 0.6 is 27.5 Å². The van der Waals surface area contributed by atoms with Gasteiger partial charge in [-0.05, 0) is 67.3 Å². The van der Waals surface area contributed by atoms with E-state index in [2.05, 4.69) is 21.2 Å². The van der Waals surface area contributed by atoms with Crippen LogP contribution in [0.15, 0.2) is 71.2 Å². The molecule has 184 valence electrons. The Balaban J connectivity index is 1.89. The minimum atomic E-state index is -0.689. The number of likely N-dealkylation sites (N-methyl/N-ethyl adjacent to an activating group) is 1. The Labute approximate surface area is 220 Å². The highest BCUT2D eigenvalue weighted by Gasteiger charge is 2.30. The normalized spacial score (nSPS) is 11.6. The van der Waals surface area contributed by atoms with Crippen LogP contribution in [0, 0.1) is 13.8 Å². The zero-order chi connectivity index (χ0) is 25.4. The number of aryl methyl sites for hydroxylation is 2. The first kappa shape index (κ1) is 26.8. The molecule has 0 saturated carbocycles. The molecule has 0 aliphatic heterocycles. The average molecular weight is 558 g/mol. The molecule has 0 unspecified atom stereocenters. The zero-order valence-electron chi connectivity index (χ0n) is 20.2. The second-order valence-corrected chi connectivity index (χ2v) is 9.70. The lowest BCUT2D eigenvalue weighted by Gasteiger charge is -2.31. The fraction of sp³-hybridized carbons (Fsp3) is 0.286. The quantitative estimate of drug-likeness (QED) is 0.339. The van der Waals surface area contributed by atoms with Gasteiger partial charge in [-0.25, -0.2) is 0 Å². The van der Waals surface area contributed by atoms with Crippen molar-refractivity contribution in [3.8, 4) is 5.75 Å². The SMILES string of the molecule is CCNC(=O)[C@H](Cc1ccccc1)N(Cc1ccc(Br)cc1)C(=O)COc1cc(C)c(Cl)c(C)c1. The molecule has 0 radical (unpaired) electrons.